The van der Waals surface area contributed by atoms with Gasteiger partial charge in [-0.1, -0.05) is 12.1 Å². The summed E-state index contributed by atoms with van der Waals surface area (Å²) < 4.78 is 16.3. The Morgan fingerprint density at radius 1 is 1.09 bits per heavy atom. The minimum atomic E-state index is -0.789. The third-order valence-corrected chi connectivity index (χ3v) is 5.95. The molecule has 176 valence electrons. The molecule has 0 aliphatic carbocycles. The summed E-state index contributed by atoms with van der Waals surface area (Å²) in [4.78, 5) is 27.8. The molecule has 1 atom stereocenters. The molecule has 0 saturated carbocycles. The van der Waals surface area contributed by atoms with E-state index in [0.29, 0.717) is 35.0 Å². The van der Waals surface area contributed by atoms with E-state index in [1.54, 1.807) is 55.6 Å². The first-order valence-electron chi connectivity index (χ1n) is 11.0. The number of methoxy groups -OCH3 is 1. The molecular formula is C27H27NO6. The Morgan fingerprint density at radius 3 is 2.44 bits per heavy atom. The van der Waals surface area contributed by atoms with Crippen molar-refractivity contribution in [2.24, 2.45) is 0 Å². The highest BCUT2D eigenvalue weighted by Crippen LogP contribution is 2.41. The van der Waals surface area contributed by atoms with Crippen LogP contribution in [-0.4, -0.2) is 35.4 Å². The largest absolute Gasteiger partial charge is 0.507 e. The van der Waals surface area contributed by atoms with Crippen molar-refractivity contribution < 1.29 is 28.6 Å². The van der Waals surface area contributed by atoms with Crippen LogP contribution in [0.4, 0.5) is 0 Å². The van der Waals surface area contributed by atoms with Gasteiger partial charge in [0.05, 0.1) is 38.1 Å². The quantitative estimate of drug-likeness (QED) is 0.305. The SMILES string of the molecule is CCOc1ccc(C2/C(=C(\O)c3cc(C)c(OC)cc3C)C(=O)C(=O)N2Cc2ccco2)cc1. The number of nitrogens with zero attached hydrogens (tertiary/aromatic N) is 1. The Balaban J connectivity index is 1.87. The molecule has 7 nitrogen and oxygen atoms in total. The summed E-state index contributed by atoms with van der Waals surface area (Å²) in [5, 5.41) is 11.4. The van der Waals surface area contributed by atoms with Gasteiger partial charge in [-0.25, -0.2) is 0 Å². The molecule has 1 aliphatic rings. The van der Waals surface area contributed by atoms with Gasteiger partial charge in [0.15, 0.2) is 0 Å². The van der Waals surface area contributed by atoms with E-state index in [1.807, 2.05) is 20.8 Å². The van der Waals surface area contributed by atoms with Crippen molar-refractivity contribution in [1.29, 1.82) is 0 Å². The molecule has 1 unspecified atom stereocenters. The number of aliphatic hydroxyl groups excluding tert-OH is 1. The smallest absolute Gasteiger partial charge is 0.296 e. The van der Waals surface area contributed by atoms with Crippen molar-refractivity contribution in [3.8, 4) is 11.5 Å². The second-order valence-electron chi connectivity index (χ2n) is 8.15. The zero-order chi connectivity index (χ0) is 24.4. The third kappa shape index (κ3) is 4.17. The van der Waals surface area contributed by atoms with E-state index in [4.69, 9.17) is 13.9 Å². The number of rotatable bonds is 7. The van der Waals surface area contributed by atoms with Gasteiger partial charge in [0.2, 0.25) is 0 Å². The van der Waals surface area contributed by atoms with E-state index in [1.165, 1.54) is 11.2 Å². The van der Waals surface area contributed by atoms with Crippen molar-refractivity contribution in [3.63, 3.8) is 0 Å². The standard InChI is InChI=1S/C27H27NO6/c1-5-33-19-10-8-18(9-11-19)24-23(25(29)21-13-17(3)22(32-4)14-16(21)2)26(30)27(31)28(24)15-20-7-6-12-34-20/h6-14,24,29H,5,15H2,1-4H3/b25-23+. The molecule has 1 N–H and O–H groups in total. The van der Waals surface area contributed by atoms with E-state index < -0.39 is 17.7 Å². The lowest BCUT2D eigenvalue weighted by Crippen LogP contribution is -2.29. The summed E-state index contributed by atoms with van der Waals surface area (Å²) in [5.41, 5.74) is 2.72. The Morgan fingerprint density at radius 2 is 1.82 bits per heavy atom. The monoisotopic (exact) mass is 461 g/mol. The highest BCUT2D eigenvalue weighted by molar-refractivity contribution is 6.46. The predicted octanol–water partition coefficient (Wildman–Crippen LogP) is 4.93. The molecule has 1 saturated heterocycles. The van der Waals surface area contributed by atoms with Crippen LogP contribution in [0.3, 0.4) is 0 Å². The molecular weight excluding hydrogens is 434 g/mol. The van der Waals surface area contributed by atoms with Gasteiger partial charge >= 0.3 is 0 Å². The first-order valence-corrected chi connectivity index (χ1v) is 11.0. The third-order valence-electron chi connectivity index (χ3n) is 5.95. The summed E-state index contributed by atoms with van der Waals surface area (Å²) >= 11 is 0. The number of aryl methyl sites for hydroxylation is 2. The molecule has 1 fully saturated rings. The van der Waals surface area contributed by atoms with Crippen molar-refractivity contribution >= 4 is 17.4 Å². The molecule has 1 aliphatic heterocycles. The lowest BCUT2D eigenvalue weighted by Gasteiger charge is -2.25. The summed E-state index contributed by atoms with van der Waals surface area (Å²) in [6.45, 7) is 6.18. The molecule has 3 aromatic rings. The Bertz CT molecular complexity index is 1240. The van der Waals surface area contributed by atoms with Crippen LogP contribution in [0.25, 0.3) is 5.76 Å². The number of furan rings is 1. The van der Waals surface area contributed by atoms with Gasteiger partial charge in [0.1, 0.15) is 23.0 Å². The molecule has 2 aromatic carbocycles. The molecule has 1 amide bonds. The lowest BCUT2D eigenvalue weighted by atomic mass is 9.93. The van der Waals surface area contributed by atoms with Crippen LogP contribution in [0.5, 0.6) is 11.5 Å². The number of carbonyl (C=O) groups is 2. The fourth-order valence-electron chi connectivity index (χ4n) is 4.28. The zero-order valence-electron chi connectivity index (χ0n) is 19.6. The fourth-order valence-corrected chi connectivity index (χ4v) is 4.28. The molecule has 0 bridgehead atoms. The second-order valence-corrected chi connectivity index (χ2v) is 8.15. The average Bonchev–Trinajstić information content (AvgIpc) is 3.43. The molecule has 1 aromatic heterocycles. The van der Waals surface area contributed by atoms with E-state index in [0.717, 1.165) is 11.1 Å². The second kappa shape index (κ2) is 9.47. The molecule has 34 heavy (non-hydrogen) atoms. The Kier molecular flexibility index (Phi) is 6.45. The van der Waals surface area contributed by atoms with Gasteiger partial charge < -0.3 is 23.9 Å². The predicted molar refractivity (Wildman–Crippen MR) is 127 cm³/mol. The topological polar surface area (TPSA) is 89.2 Å². The highest BCUT2D eigenvalue weighted by Gasteiger charge is 2.46. The minimum absolute atomic E-state index is 0.0355. The van der Waals surface area contributed by atoms with Gasteiger partial charge in [-0.05, 0) is 73.9 Å². The van der Waals surface area contributed by atoms with Crippen molar-refractivity contribution in [2.45, 2.75) is 33.4 Å². The van der Waals surface area contributed by atoms with Gasteiger partial charge in [0.25, 0.3) is 11.7 Å². The summed E-state index contributed by atoms with van der Waals surface area (Å²) in [6, 6.07) is 13.4. The van der Waals surface area contributed by atoms with Crippen LogP contribution in [0, 0.1) is 13.8 Å². The number of hydrogen-bond donors (Lipinski definition) is 1. The first kappa shape index (κ1) is 23.2. The number of benzene rings is 2. The van der Waals surface area contributed by atoms with Crippen molar-refractivity contribution in [3.05, 3.63) is 88.4 Å². The normalized spacial score (nSPS) is 17.3. The molecule has 2 heterocycles. The van der Waals surface area contributed by atoms with E-state index in [2.05, 4.69) is 0 Å². The van der Waals surface area contributed by atoms with E-state index in [9.17, 15) is 14.7 Å². The van der Waals surface area contributed by atoms with Gasteiger partial charge in [-0.3, -0.25) is 9.59 Å². The molecule has 4 rings (SSSR count). The lowest BCUT2D eigenvalue weighted by molar-refractivity contribution is -0.140. The molecule has 0 spiro atoms. The first-order chi connectivity index (χ1) is 16.3. The fraction of sp³-hybridized carbons (Fsp3) is 0.259. The Labute approximate surface area is 198 Å². The number of ketones is 1. The number of carbonyl (C=O) groups excluding carboxylic acids is 2. The van der Waals surface area contributed by atoms with Crippen LogP contribution in [-0.2, 0) is 16.1 Å². The van der Waals surface area contributed by atoms with Crippen LogP contribution in [0.15, 0.2) is 64.8 Å². The highest BCUT2D eigenvalue weighted by atomic mass is 16.5. The summed E-state index contributed by atoms with van der Waals surface area (Å²) in [7, 11) is 1.58. The maximum Gasteiger partial charge on any atom is 0.296 e. The maximum absolute atomic E-state index is 13.2. The van der Waals surface area contributed by atoms with E-state index >= 15 is 0 Å². The number of aliphatic hydroxyl groups is 1. The van der Waals surface area contributed by atoms with Crippen molar-refractivity contribution in [2.75, 3.05) is 13.7 Å². The van der Waals surface area contributed by atoms with Crippen LogP contribution >= 0.6 is 0 Å². The molecule has 0 radical (unpaired) electrons. The number of Topliss-reactive ketones (excluding diaryl/α,β-unsaturated/α-hetero) is 1. The number of ether oxygens (including phenoxy) is 2. The number of hydrogen-bond acceptors (Lipinski definition) is 6. The minimum Gasteiger partial charge on any atom is -0.507 e. The summed E-state index contributed by atoms with van der Waals surface area (Å²) in [5.74, 6) is 0.235. The van der Waals surface area contributed by atoms with Crippen molar-refractivity contribution in [1.82, 2.24) is 4.90 Å². The van der Waals surface area contributed by atoms with Gasteiger partial charge in [0, 0.05) is 5.56 Å². The van der Waals surface area contributed by atoms with E-state index in [-0.39, 0.29) is 17.9 Å². The number of likely N-dealkylation sites (tertiary alicyclic amines) is 1. The average molecular weight is 462 g/mol. The van der Waals surface area contributed by atoms with Crippen LogP contribution in [0.1, 0.15) is 41.0 Å². The van der Waals surface area contributed by atoms with Crippen LogP contribution in [0.2, 0.25) is 0 Å². The van der Waals surface area contributed by atoms with Gasteiger partial charge in [-0.15, -0.1) is 0 Å². The Hall–Kier alpha value is -4.00. The summed E-state index contributed by atoms with van der Waals surface area (Å²) in [6.07, 6.45) is 1.52. The van der Waals surface area contributed by atoms with Gasteiger partial charge in [-0.2, -0.15) is 0 Å². The number of amides is 1. The molecule has 7 heteroatoms. The van der Waals surface area contributed by atoms with Crippen LogP contribution < -0.4 is 9.47 Å². The zero-order valence-corrected chi connectivity index (χ0v) is 19.6. The maximum atomic E-state index is 13.2.